The topological polar surface area (TPSA) is 371 Å². The van der Waals surface area contributed by atoms with Crippen molar-refractivity contribution in [2.45, 2.75) is 249 Å². The molecule has 77 heavy (non-hydrogen) atoms. The molecule has 28 atom stereocenters. The van der Waals surface area contributed by atoms with E-state index in [0.29, 0.717) is 38.5 Å². The number of carbonyl (C=O) groups is 2. The molecule has 0 aromatic heterocycles. The Labute approximate surface area is 448 Å². The van der Waals surface area contributed by atoms with Gasteiger partial charge in [0.2, 0.25) is 6.29 Å². The van der Waals surface area contributed by atoms with Crippen LogP contribution in [0, 0.1) is 50.2 Å². The number of aliphatic hydroxyl groups is 12. The first-order valence-corrected chi connectivity index (χ1v) is 27.7. The van der Waals surface area contributed by atoms with Gasteiger partial charge in [-0.05, 0) is 116 Å². The van der Waals surface area contributed by atoms with Crippen LogP contribution in [0.1, 0.15) is 120 Å². The molecule has 4 saturated heterocycles. The van der Waals surface area contributed by atoms with Crippen molar-refractivity contribution in [1.29, 1.82) is 0 Å². The number of aliphatic hydroxyl groups excluding tert-OH is 12. The number of rotatable bonds is 11. The van der Waals surface area contributed by atoms with Crippen LogP contribution in [0.2, 0.25) is 0 Å². The van der Waals surface area contributed by atoms with Gasteiger partial charge in [-0.1, -0.05) is 60.1 Å². The van der Waals surface area contributed by atoms with Crippen LogP contribution >= 0.6 is 0 Å². The second-order valence-electron chi connectivity index (χ2n) is 26.3. The van der Waals surface area contributed by atoms with Crippen molar-refractivity contribution < 1.29 is 114 Å². The van der Waals surface area contributed by atoms with E-state index in [9.17, 15) is 71.2 Å². The number of ether oxygens (including phenoxy) is 8. The summed E-state index contributed by atoms with van der Waals surface area (Å²) in [7, 11) is 0. The monoisotopic (exact) mass is 1100 g/mol. The molecule has 0 aromatic carbocycles. The maximum absolute atomic E-state index is 15.1. The van der Waals surface area contributed by atoms with Crippen molar-refractivity contribution in [3.8, 4) is 0 Å². The Hall–Kier alpha value is -2.08. The van der Waals surface area contributed by atoms with Gasteiger partial charge in [0.15, 0.2) is 25.0 Å². The fourth-order valence-corrected chi connectivity index (χ4v) is 16.4. The number of carbonyl (C=O) groups excluding carboxylic acids is 1. The quantitative estimate of drug-likeness (QED) is 0.0676. The number of aliphatic carboxylic acids is 1. The molecule has 13 N–H and O–H groups in total. The number of hydrogen-bond acceptors (Lipinski definition) is 22. The summed E-state index contributed by atoms with van der Waals surface area (Å²) in [4.78, 5) is 27.0. The molecule has 0 bridgehead atoms. The van der Waals surface area contributed by atoms with Gasteiger partial charge in [0.1, 0.15) is 85.5 Å². The molecule has 5 aliphatic carbocycles. The SMILES string of the molecule is CC1OC(OC2C(CO)OC(OCC3OC(OC(=O)C45CCC(C)(C)CC4C4=CCC6C7(C)CCC(OC8OC(C(=O)O)C(O)C(O)C8O)C(C)(C)C7CCC6(C)C4(C)CC5)C(O)C(O)C3O)C(O)C2O)C(O)C(O)C1O. The normalized spacial score (nSPS) is 53.4. The average molecular weight is 1100 g/mol. The van der Waals surface area contributed by atoms with Gasteiger partial charge < -0.3 is 104 Å². The maximum atomic E-state index is 15.1. The Bertz CT molecular complexity index is 2180. The molecule has 23 nitrogen and oxygen atoms in total. The fraction of sp³-hybridized carbons (Fsp3) is 0.926. The van der Waals surface area contributed by atoms with E-state index in [1.54, 1.807) is 0 Å². The first-order valence-electron chi connectivity index (χ1n) is 27.7. The van der Waals surface area contributed by atoms with Crippen molar-refractivity contribution in [2.75, 3.05) is 13.2 Å². The molecule has 0 amide bonds. The molecular weight excluding hydrogens is 1020 g/mol. The van der Waals surface area contributed by atoms with Crippen LogP contribution in [-0.4, -0.2) is 220 Å². The van der Waals surface area contributed by atoms with E-state index in [0.717, 1.165) is 25.7 Å². The van der Waals surface area contributed by atoms with E-state index in [1.165, 1.54) is 12.5 Å². The van der Waals surface area contributed by atoms with E-state index < -0.39 is 165 Å². The molecule has 9 rings (SSSR count). The highest BCUT2D eigenvalue weighted by Crippen LogP contribution is 2.76. The van der Waals surface area contributed by atoms with Gasteiger partial charge in [0.05, 0.1) is 30.8 Å². The predicted octanol–water partition coefficient (Wildman–Crippen LogP) is -0.915. The summed E-state index contributed by atoms with van der Waals surface area (Å²) in [5.41, 5.74) is -1.19. The Morgan fingerprint density at radius 1 is 0.610 bits per heavy atom. The highest BCUT2D eigenvalue weighted by atomic mass is 16.8. The van der Waals surface area contributed by atoms with Crippen LogP contribution in [0.5, 0.6) is 0 Å². The predicted molar refractivity (Wildman–Crippen MR) is 262 cm³/mol. The molecular formula is C54H86O23. The first-order chi connectivity index (χ1) is 35.9. The van der Waals surface area contributed by atoms with Crippen LogP contribution in [0.15, 0.2) is 11.6 Å². The summed E-state index contributed by atoms with van der Waals surface area (Å²) in [5.74, 6) is -1.97. The number of allylic oxidation sites excluding steroid dienone is 2. The lowest BCUT2D eigenvalue weighted by molar-refractivity contribution is -0.361. The van der Waals surface area contributed by atoms with E-state index in [-0.39, 0.29) is 39.4 Å². The Morgan fingerprint density at radius 3 is 1.87 bits per heavy atom. The summed E-state index contributed by atoms with van der Waals surface area (Å²) < 4.78 is 46.8. The largest absolute Gasteiger partial charge is 0.479 e. The number of carboxylic acid groups (broad SMARTS) is 1. The van der Waals surface area contributed by atoms with E-state index >= 15 is 4.79 Å². The second-order valence-corrected chi connectivity index (χ2v) is 26.3. The molecule has 4 saturated carbocycles. The third-order valence-corrected chi connectivity index (χ3v) is 21.3. The average Bonchev–Trinajstić information content (AvgIpc) is 3.51. The molecule has 8 fully saturated rings. The van der Waals surface area contributed by atoms with Crippen LogP contribution in [-0.2, 0) is 47.5 Å². The van der Waals surface area contributed by atoms with Crippen molar-refractivity contribution in [1.82, 2.24) is 0 Å². The summed E-state index contributed by atoms with van der Waals surface area (Å²) >= 11 is 0. The van der Waals surface area contributed by atoms with Crippen molar-refractivity contribution >= 4 is 11.9 Å². The number of esters is 1. The molecule has 28 unspecified atom stereocenters. The Kier molecular flexibility index (Phi) is 16.5. The Morgan fingerprint density at radius 2 is 1.21 bits per heavy atom. The molecule has 9 aliphatic rings. The summed E-state index contributed by atoms with van der Waals surface area (Å²) in [6.07, 6.45) is -24.4. The van der Waals surface area contributed by atoms with Gasteiger partial charge in [-0.2, -0.15) is 0 Å². The van der Waals surface area contributed by atoms with Crippen LogP contribution in [0.25, 0.3) is 0 Å². The van der Waals surface area contributed by atoms with Crippen LogP contribution in [0.3, 0.4) is 0 Å². The van der Waals surface area contributed by atoms with E-state index in [2.05, 4.69) is 54.5 Å². The standard InChI is InChI=1S/C54H86O23/c1-22-30(56)32(58)37(63)45(71-22)75-41-25(20-55)72-44(40(66)36(41)62)70-21-26-31(57)33(59)38(64)46(73-26)77-48(69)54-17-15-49(2,3)19-24(54)23-9-10-28-51(6)13-12-29(74-47-39(65)34(60)35(61)42(76-47)43(67)68)50(4,5)27(51)11-14-53(28,8)52(23,7)16-18-54/h9,22,24-42,44-47,55-66H,10-21H2,1-8H3,(H,67,68). The summed E-state index contributed by atoms with van der Waals surface area (Å²) in [5, 5.41) is 138. The zero-order valence-electron chi connectivity index (χ0n) is 45.3. The number of carboxylic acids is 1. The Balaban J connectivity index is 0.893. The highest BCUT2D eigenvalue weighted by molar-refractivity contribution is 5.79. The molecule has 4 aliphatic heterocycles. The zero-order chi connectivity index (χ0) is 56.4. The molecule has 0 spiro atoms. The van der Waals surface area contributed by atoms with Gasteiger partial charge in [0.25, 0.3) is 0 Å². The minimum absolute atomic E-state index is 0.139. The zero-order valence-corrected chi connectivity index (χ0v) is 45.3. The van der Waals surface area contributed by atoms with Crippen LogP contribution in [0.4, 0.5) is 0 Å². The van der Waals surface area contributed by atoms with Crippen molar-refractivity contribution in [3.63, 3.8) is 0 Å². The highest BCUT2D eigenvalue weighted by Gasteiger charge is 2.70. The molecule has 440 valence electrons. The summed E-state index contributed by atoms with van der Waals surface area (Å²) in [6.45, 7) is 15.8. The second kappa shape index (κ2) is 21.3. The first kappa shape index (κ1) is 59.5. The minimum Gasteiger partial charge on any atom is -0.479 e. The minimum atomic E-state index is -1.88. The van der Waals surface area contributed by atoms with E-state index in [4.69, 9.17) is 37.9 Å². The third kappa shape index (κ3) is 9.76. The van der Waals surface area contributed by atoms with Gasteiger partial charge in [-0.25, -0.2) is 4.79 Å². The lowest BCUT2D eigenvalue weighted by Crippen LogP contribution is -2.66. The summed E-state index contributed by atoms with van der Waals surface area (Å²) in [6, 6.07) is 0. The smallest absolute Gasteiger partial charge is 0.335 e. The van der Waals surface area contributed by atoms with Crippen LogP contribution < -0.4 is 0 Å². The number of fused-ring (bicyclic) bond motifs is 7. The van der Waals surface area contributed by atoms with Gasteiger partial charge >= 0.3 is 11.9 Å². The lowest BCUT2D eigenvalue weighted by atomic mass is 9.33. The maximum Gasteiger partial charge on any atom is 0.335 e. The molecule has 0 radical (unpaired) electrons. The molecule has 23 heteroatoms. The fourth-order valence-electron chi connectivity index (χ4n) is 16.4. The van der Waals surface area contributed by atoms with Crippen molar-refractivity contribution in [2.24, 2.45) is 50.2 Å². The van der Waals surface area contributed by atoms with Gasteiger partial charge in [-0.3, -0.25) is 4.79 Å². The number of hydrogen-bond donors (Lipinski definition) is 13. The van der Waals surface area contributed by atoms with Crippen molar-refractivity contribution in [3.05, 3.63) is 11.6 Å². The lowest BCUT2D eigenvalue weighted by Gasteiger charge is -2.71. The van der Waals surface area contributed by atoms with Gasteiger partial charge in [0, 0.05) is 0 Å². The van der Waals surface area contributed by atoms with Gasteiger partial charge in [-0.15, -0.1) is 0 Å². The third-order valence-electron chi connectivity index (χ3n) is 21.3. The molecule has 0 aromatic rings. The molecule has 4 heterocycles. The van der Waals surface area contributed by atoms with E-state index in [1.807, 2.05) is 0 Å².